The van der Waals surface area contributed by atoms with Gasteiger partial charge in [-0.25, -0.2) is 0 Å². The third kappa shape index (κ3) is 3.91. The zero-order valence-electron chi connectivity index (χ0n) is 14.8. The van der Waals surface area contributed by atoms with Gasteiger partial charge in [-0.1, -0.05) is 30.3 Å². The smallest absolute Gasteiger partial charge is 0.313 e. The molecule has 0 radical (unpaired) electrons. The fourth-order valence-corrected chi connectivity index (χ4v) is 2.70. The third-order valence-electron chi connectivity index (χ3n) is 4.26. The number of amides is 1. The van der Waals surface area contributed by atoms with E-state index in [-0.39, 0.29) is 12.4 Å². The summed E-state index contributed by atoms with van der Waals surface area (Å²) in [5, 5.41) is 12.1. The van der Waals surface area contributed by atoms with Crippen LogP contribution in [-0.4, -0.2) is 24.1 Å². The number of hydrogen-bond acceptors (Lipinski definition) is 5. The van der Waals surface area contributed by atoms with Crippen LogP contribution in [0, 0.1) is 12.3 Å². The minimum Gasteiger partial charge on any atom is -0.469 e. The maximum Gasteiger partial charge on any atom is 0.313 e. The van der Waals surface area contributed by atoms with Crippen LogP contribution in [0.3, 0.4) is 0 Å². The van der Waals surface area contributed by atoms with Crippen LogP contribution in [0.4, 0.5) is 0 Å². The molecule has 0 fully saturated rings. The number of furan rings is 1. The Morgan fingerprint density at radius 3 is 2.44 bits per heavy atom. The van der Waals surface area contributed by atoms with Gasteiger partial charge >= 0.3 is 5.97 Å². The van der Waals surface area contributed by atoms with Crippen LogP contribution in [0.2, 0.25) is 0 Å². The van der Waals surface area contributed by atoms with Crippen molar-refractivity contribution in [2.45, 2.75) is 33.4 Å². The van der Waals surface area contributed by atoms with Gasteiger partial charge in [0, 0.05) is 5.56 Å². The molecule has 0 aliphatic rings. The summed E-state index contributed by atoms with van der Waals surface area (Å²) >= 11 is 0. The number of esters is 1. The maximum absolute atomic E-state index is 12.6. The number of carbonyl (C=O) groups excluding carboxylic acids is 2. The van der Waals surface area contributed by atoms with Gasteiger partial charge in [-0.2, -0.15) is 0 Å². The standard InChI is InChI=1S/C19H23NO5/c1-12-14(11-21)10-15(25-12)17(22)20-16(13-8-6-5-7-9-13)19(2,3)18(23)24-4/h5-10,16,21H,11H2,1-4H3,(H,20,22). The van der Waals surface area contributed by atoms with E-state index < -0.39 is 23.3 Å². The molecule has 1 atom stereocenters. The molecule has 6 heteroatoms. The minimum atomic E-state index is -0.993. The summed E-state index contributed by atoms with van der Waals surface area (Å²) in [6.07, 6.45) is 0. The van der Waals surface area contributed by atoms with Crippen LogP contribution in [0.25, 0.3) is 0 Å². The second-order valence-electron chi connectivity index (χ2n) is 6.38. The lowest BCUT2D eigenvalue weighted by Crippen LogP contribution is -2.43. The topological polar surface area (TPSA) is 88.8 Å². The number of aryl methyl sites for hydroxylation is 1. The van der Waals surface area contributed by atoms with Crippen LogP contribution in [0.1, 0.15) is 47.3 Å². The van der Waals surface area contributed by atoms with Gasteiger partial charge in [0.05, 0.1) is 25.2 Å². The van der Waals surface area contributed by atoms with E-state index in [0.29, 0.717) is 11.3 Å². The number of benzene rings is 1. The molecule has 1 heterocycles. The van der Waals surface area contributed by atoms with Gasteiger partial charge in [-0.05, 0) is 32.4 Å². The van der Waals surface area contributed by atoms with Gasteiger partial charge in [0.1, 0.15) is 5.76 Å². The quantitative estimate of drug-likeness (QED) is 0.786. The van der Waals surface area contributed by atoms with E-state index in [2.05, 4.69) is 5.32 Å². The van der Waals surface area contributed by atoms with Gasteiger partial charge in [0.2, 0.25) is 0 Å². The molecule has 25 heavy (non-hydrogen) atoms. The molecule has 0 spiro atoms. The van der Waals surface area contributed by atoms with Gasteiger partial charge < -0.3 is 19.6 Å². The Bertz CT molecular complexity index is 748. The fourth-order valence-electron chi connectivity index (χ4n) is 2.70. The summed E-state index contributed by atoms with van der Waals surface area (Å²) in [6, 6.07) is 10.1. The lowest BCUT2D eigenvalue weighted by Gasteiger charge is -2.32. The maximum atomic E-state index is 12.6. The number of ether oxygens (including phenoxy) is 1. The summed E-state index contributed by atoms with van der Waals surface area (Å²) in [7, 11) is 1.32. The number of aliphatic hydroxyl groups is 1. The molecule has 0 saturated heterocycles. The number of carbonyl (C=O) groups is 2. The highest BCUT2D eigenvalue weighted by Gasteiger charge is 2.40. The molecule has 2 aromatic rings. The summed E-state index contributed by atoms with van der Waals surface area (Å²) in [4.78, 5) is 24.9. The predicted molar refractivity (Wildman–Crippen MR) is 91.8 cm³/mol. The Morgan fingerprint density at radius 2 is 1.92 bits per heavy atom. The van der Waals surface area contributed by atoms with Crippen molar-refractivity contribution < 1.29 is 23.8 Å². The lowest BCUT2D eigenvalue weighted by atomic mass is 9.80. The van der Waals surface area contributed by atoms with Crippen molar-refractivity contribution in [3.05, 3.63) is 59.0 Å². The molecule has 1 unspecified atom stereocenters. The Morgan fingerprint density at radius 1 is 1.28 bits per heavy atom. The Labute approximate surface area is 146 Å². The third-order valence-corrected chi connectivity index (χ3v) is 4.26. The predicted octanol–water partition coefficient (Wildman–Crippen LogP) is 2.75. The Kier molecular flexibility index (Phi) is 5.64. The molecule has 0 aliphatic carbocycles. The first kappa shape index (κ1) is 18.7. The van der Waals surface area contributed by atoms with Crippen molar-refractivity contribution in [2.75, 3.05) is 7.11 Å². The fraction of sp³-hybridized carbons (Fsp3) is 0.368. The summed E-state index contributed by atoms with van der Waals surface area (Å²) < 4.78 is 10.3. The van der Waals surface area contributed by atoms with Gasteiger partial charge in [0.15, 0.2) is 5.76 Å². The highest BCUT2D eigenvalue weighted by molar-refractivity contribution is 5.92. The molecule has 0 bridgehead atoms. The molecule has 2 rings (SSSR count). The van der Waals surface area contributed by atoms with Crippen molar-refractivity contribution >= 4 is 11.9 Å². The lowest BCUT2D eigenvalue weighted by molar-refractivity contribution is -0.152. The number of methoxy groups -OCH3 is 1. The SMILES string of the molecule is COC(=O)C(C)(C)C(NC(=O)c1cc(CO)c(C)o1)c1ccccc1. The molecular weight excluding hydrogens is 322 g/mol. The first-order chi connectivity index (χ1) is 11.8. The van der Waals surface area contributed by atoms with Crippen molar-refractivity contribution in [1.29, 1.82) is 0 Å². The Hall–Kier alpha value is -2.60. The zero-order chi connectivity index (χ0) is 18.6. The summed E-state index contributed by atoms with van der Waals surface area (Å²) in [6.45, 7) is 4.89. The second kappa shape index (κ2) is 7.53. The molecule has 1 amide bonds. The number of rotatable bonds is 6. The minimum absolute atomic E-state index is 0.0862. The Balaban J connectivity index is 2.36. The van der Waals surface area contributed by atoms with Crippen LogP contribution < -0.4 is 5.32 Å². The summed E-state index contributed by atoms with van der Waals surface area (Å²) in [5.41, 5.74) is 0.332. The molecule has 0 aliphatic heterocycles. The first-order valence-electron chi connectivity index (χ1n) is 7.95. The van der Waals surface area contributed by atoms with Crippen molar-refractivity contribution in [2.24, 2.45) is 5.41 Å². The van der Waals surface area contributed by atoms with E-state index in [9.17, 15) is 14.7 Å². The van der Waals surface area contributed by atoms with E-state index in [1.54, 1.807) is 20.8 Å². The molecule has 2 N–H and O–H groups in total. The largest absolute Gasteiger partial charge is 0.469 e. The van der Waals surface area contributed by atoms with Crippen molar-refractivity contribution in [1.82, 2.24) is 5.32 Å². The van der Waals surface area contributed by atoms with Crippen LogP contribution in [-0.2, 0) is 16.1 Å². The number of aliphatic hydroxyl groups excluding tert-OH is 1. The van der Waals surface area contributed by atoms with Gasteiger partial charge in [0.25, 0.3) is 5.91 Å². The second-order valence-corrected chi connectivity index (χ2v) is 6.38. The average Bonchev–Trinajstić information content (AvgIpc) is 3.00. The monoisotopic (exact) mass is 345 g/mol. The van der Waals surface area contributed by atoms with E-state index >= 15 is 0 Å². The molecule has 1 aromatic carbocycles. The van der Waals surface area contributed by atoms with E-state index in [4.69, 9.17) is 9.15 Å². The van der Waals surface area contributed by atoms with E-state index in [1.807, 2.05) is 30.3 Å². The van der Waals surface area contributed by atoms with Crippen molar-refractivity contribution in [3.8, 4) is 0 Å². The van der Waals surface area contributed by atoms with Crippen LogP contribution in [0.5, 0.6) is 0 Å². The van der Waals surface area contributed by atoms with Crippen LogP contribution >= 0.6 is 0 Å². The molecule has 0 saturated carbocycles. The van der Waals surface area contributed by atoms with E-state index in [0.717, 1.165) is 5.56 Å². The molecular formula is C19H23NO5. The summed E-state index contributed by atoms with van der Waals surface area (Å²) in [5.74, 6) is -0.332. The highest BCUT2D eigenvalue weighted by atomic mass is 16.5. The normalized spacial score (nSPS) is 12.5. The average molecular weight is 345 g/mol. The molecule has 1 aromatic heterocycles. The molecule has 134 valence electrons. The van der Waals surface area contributed by atoms with Crippen LogP contribution in [0.15, 0.2) is 40.8 Å². The van der Waals surface area contributed by atoms with Crippen molar-refractivity contribution in [3.63, 3.8) is 0 Å². The highest BCUT2D eigenvalue weighted by Crippen LogP contribution is 2.35. The number of nitrogens with one attached hydrogen (secondary N) is 1. The molecule has 6 nitrogen and oxygen atoms in total. The van der Waals surface area contributed by atoms with E-state index in [1.165, 1.54) is 13.2 Å². The van der Waals surface area contributed by atoms with Gasteiger partial charge in [-0.15, -0.1) is 0 Å². The van der Waals surface area contributed by atoms with Gasteiger partial charge in [-0.3, -0.25) is 9.59 Å². The first-order valence-corrected chi connectivity index (χ1v) is 7.95. The number of hydrogen-bond donors (Lipinski definition) is 2. The zero-order valence-corrected chi connectivity index (χ0v) is 14.8.